The molecule has 0 aromatic rings. The molecule has 0 aliphatic rings. The topological polar surface area (TPSA) is 35.5 Å². The van der Waals surface area contributed by atoms with Gasteiger partial charge in [0.05, 0.1) is 13.2 Å². The molecule has 0 aliphatic heterocycles. The summed E-state index contributed by atoms with van der Waals surface area (Å²) in [5, 5.41) is 0. The second-order valence-electron chi connectivity index (χ2n) is 3.57. The fourth-order valence-corrected chi connectivity index (χ4v) is 1.16. The van der Waals surface area contributed by atoms with Gasteiger partial charge in [-0.1, -0.05) is 46.0 Å². The number of hydrogen-bond acceptors (Lipinski definition) is 3. The van der Waals surface area contributed by atoms with E-state index in [-0.39, 0.29) is 0 Å². The average molecular weight is 215 g/mol. The molecule has 0 atom stereocenters. The van der Waals surface area contributed by atoms with E-state index in [0.717, 1.165) is 25.7 Å². The maximum atomic E-state index is 10.9. The Balaban J connectivity index is 3.10. The first-order valence-electron chi connectivity index (χ1n) is 5.90. The van der Waals surface area contributed by atoms with Gasteiger partial charge in [-0.05, 0) is 12.8 Å². The van der Waals surface area contributed by atoms with Gasteiger partial charge in [0, 0.05) is 0 Å². The second kappa shape index (κ2) is 11.3. The summed E-state index contributed by atoms with van der Waals surface area (Å²) in [5.74, 6) is 0. The monoisotopic (exact) mass is 215 g/mol. The third kappa shape index (κ3) is 11.2. The minimum Gasteiger partial charge on any atom is -0.434 e. The molecule has 0 fully saturated rings. The third-order valence-electron chi connectivity index (χ3n) is 2.08. The van der Waals surface area contributed by atoms with Crippen LogP contribution in [0.5, 0.6) is 0 Å². The molecule has 0 amide bonds. The minimum absolute atomic E-state index is 0.415. The van der Waals surface area contributed by atoms with Gasteiger partial charge in [0.15, 0.2) is 0 Å². The van der Waals surface area contributed by atoms with E-state index in [4.69, 9.17) is 9.47 Å². The zero-order valence-corrected chi connectivity index (χ0v) is 9.80. The van der Waals surface area contributed by atoms with E-state index in [1.54, 1.807) is 0 Å². The lowest BCUT2D eigenvalue weighted by Crippen LogP contribution is -2.09. The SMILES string of the molecule is [CH2]CCCOC(=O)OCCCCCCC. The zero-order valence-electron chi connectivity index (χ0n) is 9.80. The fourth-order valence-electron chi connectivity index (χ4n) is 1.16. The van der Waals surface area contributed by atoms with Crippen LogP contribution in [0, 0.1) is 6.92 Å². The van der Waals surface area contributed by atoms with Crippen LogP contribution in [0.2, 0.25) is 0 Å². The highest BCUT2D eigenvalue weighted by Crippen LogP contribution is 2.02. The summed E-state index contributed by atoms with van der Waals surface area (Å²) in [6.45, 7) is 6.73. The van der Waals surface area contributed by atoms with Crippen LogP contribution in [-0.2, 0) is 9.47 Å². The third-order valence-corrected chi connectivity index (χ3v) is 2.08. The predicted molar refractivity (Wildman–Crippen MR) is 60.7 cm³/mol. The first kappa shape index (κ1) is 14.3. The highest BCUT2D eigenvalue weighted by Gasteiger charge is 2.01. The minimum atomic E-state index is -0.543. The van der Waals surface area contributed by atoms with Gasteiger partial charge in [0.1, 0.15) is 0 Å². The van der Waals surface area contributed by atoms with E-state index in [1.807, 2.05) is 0 Å². The number of unbranched alkanes of at least 4 members (excludes halogenated alkanes) is 5. The molecule has 0 aliphatic carbocycles. The van der Waals surface area contributed by atoms with Crippen molar-refractivity contribution < 1.29 is 14.3 Å². The van der Waals surface area contributed by atoms with Crippen molar-refractivity contribution in [3.63, 3.8) is 0 Å². The summed E-state index contributed by atoms with van der Waals surface area (Å²) in [4.78, 5) is 10.9. The highest BCUT2D eigenvalue weighted by molar-refractivity contribution is 5.59. The summed E-state index contributed by atoms with van der Waals surface area (Å²) in [5.41, 5.74) is 0. The number of hydrogen-bond donors (Lipinski definition) is 0. The second-order valence-corrected chi connectivity index (χ2v) is 3.57. The van der Waals surface area contributed by atoms with Crippen LogP contribution >= 0.6 is 0 Å². The molecule has 0 bridgehead atoms. The van der Waals surface area contributed by atoms with Gasteiger partial charge in [0.2, 0.25) is 0 Å². The normalized spacial score (nSPS) is 10.0. The van der Waals surface area contributed by atoms with E-state index < -0.39 is 6.16 Å². The van der Waals surface area contributed by atoms with E-state index in [1.165, 1.54) is 19.3 Å². The van der Waals surface area contributed by atoms with Gasteiger partial charge in [-0.3, -0.25) is 0 Å². The van der Waals surface area contributed by atoms with Crippen molar-refractivity contribution in [2.75, 3.05) is 13.2 Å². The summed E-state index contributed by atoms with van der Waals surface area (Å²) >= 11 is 0. The summed E-state index contributed by atoms with van der Waals surface area (Å²) in [6.07, 6.45) is 6.80. The Bertz CT molecular complexity index is 146. The molecule has 15 heavy (non-hydrogen) atoms. The maximum Gasteiger partial charge on any atom is 0.508 e. The molecule has 0 aromatic carbocycles. The molecule has 0 N–H and O–H groups in total. The molecular weight excluding hydrogens is 192 g/mol. The summed E-state index contributed by atoms with van der Waals surface area (Å²) < 4.78 is 9.70. The van der Waals surface area contributed by atoms with Gasteiger partial charge < -0.3 is 9.47 Å². The standard InChI is InChI=1S/C12H23O3/c1-3-5-7-8-9-11-15-12(13)14-10-6-4-2/h2-11H2,1H3. The van der Waals surface area contributed by atoms with Crippen LogP contribution in [0.1, 0.15) is 51.9 Å². The van der Waals surface area contributed by atoms with Gasteiger partial charge in [-0.15, -0.1) is 0 Å². The summed E-state index contributed by atoms with van der Waals surface area (Å²) in [7, 11) is 0. The van der Waals surface area contributed by atoms with Crippen molar-refractivity contribution in [1.29, 1.82) is 0 Å². The van der Waals surface area contributed by atoms with E-state index in [2.05, 4.69) is 13.8 Å². The summed E-state index contributed by atoms with van der Waals surface area (Å²) in [6, 6.07) is 0. The number of rotatable bonds is 9. The van der Waals surface area contributed by atoms with Crippen molar-refractivity contribution in [3.05, 3.63) is 6.92 Å². The largest absolute Gasteiger partial charge is 0.508 e. The van der Waals surface area contributed by atoms with E-state index in [0.29, 0.717) is 13.2 Å². The van der Waals surface area contributed by atoms with Gasteiger partial charge in [-0.25, -0.2) is 4.79 Å². The van der Waals surface area contributed by atoms with Crippen molar-refractivity contribution in [2.24, 2.45) is 0 Å². The Labute approximate surface area is 93.1 Å². The maximum absolute atomic E-state index is 10.9. The Morgan fingerprint density at radius 2 is 1.60 bits per heavy atom. The lowest BCUT2D eigenvalue weighted by Gasteiger charge is -2.05. The van der Waals surface area contributed by atoms with Gasteiger partial charge >= 0.3 is 6.16 Å². The van der Waals surface area contributed by atoms with Crippen LogP contribution < -0.4 is 0 Å². The van der Waals surface area contributed by atoms with Crippen molar-refractivity contribution in [1.82, 2.24) is 0 Å². The molecule has 89 valence electrons. The average Bonchev–Trinajstić information content (AvgIpc) is 2.23. The molecule has 0 rings (SSSR count). The molecule has 0 heterocycles. The van der Waals surface area contributed by atoms with Crippen LogP contribution in [-0.4, -0.2) is 19.4 Å². The van der Waals surface area contributed by atoms with Crippen molar-refractivity contribution in [3.8, 4) is 0 Å². The molecule has 0 saturated heterocycles. The Morgan fingerprint density at radius 3 is 2.20 bits per heavy atom. The number of carbonyl (C=O) groups excluding carboxylic acids is 1. The quantitative estimate of drug-likeness (QED) is 0.434. The van der Waals surface area contributed by atoms with Crippen LogP contribution in [0.25, 0.3) is 0 Å². The molecule has 3 heteroatoms. The van der Waals surface area contributed by atoms with E-state index >= 15 is 0 Å². The smallest absolute Gasteiger partial charge is 0.434 e. The predicted octanol–water partition coefficient (Wildman–Crippen LogP) is 3.72. The first-order valence-corrected chi connectivity index (χ1v) is 5.90. The number of carbonyl (C=O) groups is 1. The lowest BCUT2D eigenvalue weighted by molar-refractivity contribution is 0.0535. The fraction of sp³-hybridized carbons (Fsp3) is 0.833. The van der Waals surface area contributed by atoms with Crippen LogP contribution in [0.4, 0.5) is 4.79 Å². The van der Waals surface area contributed by atoms with Crippen molar-refractivity contribution in [2.45, 2.75) is 51.9 Å². The molecular formula is C12H23O3. The van der Waals surface area contributed by atoms with Crippen LogP contribution in [0.3, 0.4) is 0 Å². The Morgan fingerprint density at radius 1 is 1.00 bits per heavy atom. The molecule has 3 nitrogen and oxygen atoms in total. The molecule has 0 spiro atoms. The van der Waals surface area contributed by atoms with Gasteiger partial charge in [-0.2, -0.15) is 0 Å². The number of ether oxygens (including phenoxy) is 2. The first-order chi connectivity index (χ1) is 7.31. The molecule has 1 radical (unpaired) electrons. The molecule has 0 unspecified atom stereocenters. The lowest BCUT2D eigenvalue weighted by atomic mass is 10.2. The zero-order chi connectivity index (χ0) is 11.4. The van der Waals surface area contributed by atoms with Crippen LogP contribution in [0.15, 0.2) is 0 Å². The van der Waals surface area contributed by atoms with E-state index in [9.17, 15) is 4.79 Å². The highest BCUT2D eigenvalue weighted by atomic mass is 16.7. The van der Waals surface area contributed by atoms with Gasteiger partial charge in [0.25, 0.3) is 0 Å². The Kier molecular flexibility index (Phi) is 10.8. The molecule has 0 saturated carbocycles. The molecule has 0 aromatic heterocycles. The van der Waals surface area contributed by atoms with Crippen molar-refractivity contribution >= 4 is 6.16 Å². The Hall–Kier alpha value is -0.730.